The molecule has 11 heteroatoms. The SMILES string of the molecule is CC1([C@]23CC4=C(C(=O)[C@@H]5[C@H](C4=O)[C@H](O[Si](C)(C)C)c4ccccc4[C@@H]5O[Si](C)(C)C)[C@H](C2)OB(c2ccccc2)O3)OCCO1. The number of benzene rings is 2. The lowest BCUT2D eigenvalue weighted by atomic mass is 9.57. The lowest BCUT2D eigenvalue weighted by molar-refractivity contribution is -0.270. The number of carbonyl (C=O) groups is 2. The fourth-order valence-corrected chi connectivity index (χ4v) is 10.0. The first-order chi connectivity index (χ1) is 21.2. The van der Waals surface area contributed by atoms with Gasteiger partial charge in [-0.25, -0.2) is 0 Å². The highest BCUT2D eigenvalue weighted by Gasteiger charge is 2.66. The molecule has 0 saturated carbocycles. The third-order valence-corrected chi connectivity index (χ3v) is 11.7. The predicted molar refractivity (Wildman–Crippen MR) is 175 cm³/mol. The minimum atomic E-state index is -2.17. The molecular formula is C34H43BO8Si2. The van der Waals surface area contributed by atoms with E-state index in [1.165, 1.54) is 0 Å². The van der Waals surface area contributed by atoms with Gasteiger partial charge in [0.15, 0.2) is 34.0 Å². The van der Waals surface area contributed by atoms with Crippen molar-refractivity contribution in [2.45, 2.75) is 88.7 Å². The van der Waals surface area contributed by atoms with E-state index in [0.717, 1.165) is 16.6 Å². The number of rotatable bonds is 6. The van der Waals surface area contributed by atoms with E-state index in [-0.39, 0.29) is 18.0 Å². The maximum atomic E-state index is 15.1. The van der Waals surface area contributed by atoms with E-state index >= 15 is 9.59 Å². The van der Waals surface area contributed by atoms with E-state index in [4.69, 9.17) is 27.6 Å². The maximum Gasteiger partial charge on any atom is 0.494 e. The summed E-state index contributed by atoms with van der Waals surface area (Å²) in [6, 6.07) is 17.7. The number of hydrogen-bond acceptors (Lipinski definition) is 8. The van der Waals surface area contributed by atoms with E-state index in [9.17, 15) is 0 Å². The molecule has 0 unspecified atom stereocenters. The van der Waals surface area contributed by atoms with Crippen molar-refractivity contribution < 1.29 is 37.2 Å². The Morgan fingerprint density at radius 2 is 1.31 bits per heavy atom. The molecule has 3 aliphatic carbocycles. The highest BCUT2D eigenvalue weighted by molar-refractivity contribution is 6.70. The van der Waals surface area contributed by atoms with Gasteiger partial charge in [0, 0.05) is 24.0 Å². The van der Waals surface area contributed by atoms with Crippen molar-refractivity contribution in [1.29, 1.82) is 0 Å². The van der Waals surface area contributed by atoms with Gasteiger partial charge in [-0.1, -0.05) is 54.6 Å². The molecule has 2 bridgehead atoms. The second-order valence-electron chi connectivity index (χ2n) is 15.1. The molecule has 0 amide bonds. The van der Waals surface area contributed by atoms with Gasteiger partial charge in [-0.3, -0.25) is 9.59 Å². The van der Waals surface area contributed by atoms with Crippen LogP contribution in [-0.4, -0.2) is 66.0 Å². The summed E-state index contributed by atoms with van der Waals surface area (Å²) >= 11 is 0. The van der Waals surface area contributed by atoms with E-state index in [1.54, 1.807) is 0 Å². The summed E-state index contributed by atoms with van der Waals surface area (Å²) in [5, 5.41) is 0. The van der Waals surface area contributed by atoms with Crippen LogP contribution >= 0.6 is 0 Å². The highest BCUT2D eigenvalue weighted by Crippen LogP contribution is 2.58. The first-order valence-corrected chi connectivity index (χ1v) is 22.9. The second-order valence-corrected chi connectivity index (χ2v) is 24.0. The summed E-state index contributed by atoms with van der Waals surface area (Å²) in [6.07, 6.45) is -1.25. The molecular weight excluding hydrogens is 603 g/mol. The highest BCUT2D eigenvalue weighted by atomic mass is 28.4. The van der Waals surface area contributed by atoms with Crippen molar-refractivity contribution in [3.8, 4) is 0 Å². The quantitative estimate of drug-likeness (QED) is 0.393. The monoisotopic (exact) mass is 646 g/mol. The number of Topliss-reactive ketones (excluding diaryl/α,β-unsaturated/α-hetero) is 2. The molecule has 2 aromatic rings. The Kier molecular flexibility index (Phi) is 7.61. The van der Waals surface area contributed by atoms with Crippen molar-refractivity contribution in [1.82, 2.24) is 0 Å². The van der Waals surface area contributed by atoms with Crippen LogP contribution in [0.3, 0.4) is 0 Å². The Balaban J connectivity index is 1.40. The van der Waals surface area contributed by atoms with Gasteiger partial charge in [-0.2, -0.15) is 0 Å². The molecule has 8 nitrogen and oxygen atoms in total. The van der Waals surface area contributed by atoms with Crippen LogP contribution in [-0.2, 0) is 37.2 Å². The largest absolute Gasteiger partial charge is 0.494 e. The van der Waals surface area contributed by atoms with Gasteiger partial charge in [0.25, 0.3) is 0 Å². The molecule has 2 aromatic carbocycles. The number of fused-ring (bicyclic) bond motifs is 5. The molecule has 0 radical (unpaired) electrons. The summed E-state index contributed by atoms with van der Waals surface area (Å²) in [4.78, 5) is 30.2. The summed E-state index contributed by atoms with van der Waals surface area (Å²) < 4.78 is 39.6. The lowest BCUT2D eigenvalue weighted by Crippen LogP contribution is -2.68. The second kappa shape index (κ2) is 10.9. The molecule has 2 saturated heterocycles. The zero-order chi connectivity index (χ0) is 31.9. The fourth-order valence-electron chi connectivity index (χ4n) is 7.96. The fraction of sp³-hybridized carbons (Fsp3) is 0.529. The molecule has 2 fully saturated rings. The van der Waals surface area contributed by atoms with Crippen LogP contribution in [0, 0.1) is 11.8 Å². The zero-order valence-electron chi connectivity index (χ0n) is 27.3. The maximum absolute atomic E-state index is 15.1. The molecule has 0 N–H and O–H groups in total. The van der Waals surface area contributed by atoms with Crippen molar-refractivity contribution >= 4 is 40.8 Å². The number of ether oxygens (including phenoxy) is 2. The smallest absolute Gasteiger partial charge is 0.410 e. The van der Waals surface area contributed by atoms with Crippen molar-refractivity contribution in [3.05, 3.63) is 76.9 Å². The van der Waals surface area contributed by atoms with Gasteiger partial charge in [0.05, 0.1) is 43.4 Å². The van der Waals surface area contributed by atoms with Gasteiger partial charge in [0.2, 0.25) is 0 Å². The van der Waals surface area contributed by atoms with E-state index < -0.39 is 65.3 Å². The molecule has 45 heavy (non-hydrogen) atoms. The average molecular weight is 647 g/mol. The van der Waals surface area contributed by atoms with Crippen LogP contribution < -0.4 is 5.46 Å². The van der Waals surface area contributed by atoms with E-state index in [1.807, 2.05) is 61.5 Å². The van der Waals surface area contributed by atoms with Crippen LogP contribution in [0.25, 0.3) is 0 Å². The average Bonchev–Trinajstić information content (AvgIpc) is 3.44. The standard InChI is InChI=1S/C34H43BO8Si2/c1-33(38-17-18-39-33)34-19-24-26(25(20-34)40-35(43-34)21-13-9-8-10-14-21)30(37)28-27(29(24)36)31(41-44(2,3)4)22-15-11-12-16-23(22)32(28)42-45(5,6)7/h8-16,25,27-28,31-32H,17-20H2,1-7H3/t25-,27+,28-,31+,32-,34-/m0/s1. The van der Waals surface area contributed by atoms with Crippen LogP contribution in [0.1, 0.15) is 43.1 Å². The topological polar surface area (TPSA) is 89.5 Å². The number of carbonyl (C=O) groups excluding carboxylic acids is 2. The molecule has 5 aliphatic rings. The van der Waals surface area contributed by atoms with Gasteiger partial charge in [-0.05, 0) is 62.8 Å². The van der Waals surface area contributed by atoms with Crippen LogP contribution in [0.2, 0.25) is 39.3 Å². The number of hydrogen-bond donors (Lipinski definition) is 0. The summed E-state index contributed by atoms with van der Waals surface area (Å²) in [5.41, 5.74) is 2.59. The molecule has 238 valence electrons. The first kappa shape index (κ1) is 31.4. The molecule has 2 heterocycles. The molecule has 0 spiro atoms. The van der Waals surface area contributed by atoms with Crippen LogP contribution in [0.15, 0.2) is 65.7 Å². The van der Waals surface area contributed by atoms with Crippen LogP contribution in [0.4, 0.5) is 0 Å². The van der Waals surface area contributed by atoms with Gasteiger partial charge >= 0.3 is 7.12 Å². The third-order valence-electron chi connectivity index (χ3n) is 9.76. The minimum Gasteiger partial charge on any atom is -0.410 e. The Morgan fingerprint density at radius 1 is 0.778 bits per heavy atom. The van der Waals surface area contributed by atoms with Crippen molar-refractivity contribution in [3.63, 3.8) is 0 Å². The lowest BCUT2D eigenvalue weighted by Gasteiger charge is -2.56. The third kappa shape index (κ3) is 5.29. The van der Waals surface area contributed by atoms with E-state index in [0.29, 0.717) is 30.8 Å². The summed E-state index contributed by atoms with van der Waals surface area (Å²) in [7, 11) is -5.10. The first-order valence-electron chi connectivity index (χ1n) is 16.1. The summed E-state index contributed by atoms with van der Waals surface area (Å²) in [6.45, 7) is 15.5. The Labute approximate surface area is 268 Å². The Hall–Kier alpha value is -2.22. The van der Waals surface area contributed by atoms with Crippen molar-refractivity contribution in [2.24, 2.45) is 11.8 Å². The normalized spacial score (nSPS) is 32.7. The van der Waals surface area contributed by atoms with Crippen LogP contribution in [0.5, 0.6) is 0 Å². The molecule has 7 rings (SSSR count). The molecule has 6 atom stereocenters. The molecule has 0 aromatic heterocycles. The Bertz CT molecular complexity index is 1540. The van der Waals surface area contributed by atoms with Gasteiger partial charge in [0.1, 0.15) is 5.60 Å². The van der Waals surface area contributed by atoms with E-state index in [2.05, 4.69) is 39.3 Å². The van der Waals surface area contributed by atoms with Gasteiger partial charge < -0.3 is 27.6 Å². The summed E-state index contributed by atoms with van der Waals surface area (Å²) in [5.74, 6) is -2.72. The van der Waals surface area contributed by atoms with Gasteiger partial charge in [-0.15, -0.1) is 0 Å². The Morgan fingerprint density at radius 3 is 1.87 bits per heavy atom. The van der Waals surface area contributed by atoms with Crippen molar-refractivity contribution in [2.75, 3.05) is 13.2 Å². The predicted octanol–water partition coefficient (Wildman–Crippen LogP) is 5.27. The zero-order valence-corrected chi connectivity index (χ0v) is 29.3. The minimum absolute atomic E-state index is 0.0812. The number of ketones is 2. The molecule has 2 aliphatic heterocycles.